The van der Waals surface area contributed by atoms with Crippen molar-refractivity contribution in [2.24, 2.45) is 0 Å². The molecular formula is C23H13Br3FNO2S2. The summed E-state index contributed by atoms with van der Waals surface area (Å²) in [5, 5.41) is 0. The highest BCUT2D eigenvalue weighted by Gasteiger charge is 2.33. The number of anilines is 1. The molecule has 1 saturated heterocycles. The molecule has 1 aliphatic heterocycles. The van der Waals surface area contributed by atoms with E-state index in [9.17, 15) is 9.18 Å². The standard InChI is InChI=1S/C23H13Br3FNO2S2/c24-15-2-1-3-17(11-15)28-22(29)20(32-23(28)31)10-14-8-18(25)21(19(26)9-14)30-12-13-4-6-16(27)7-5-13/h1-11H,12H2/b20-10+. The van der Waals surface area contributed by atoms with Crippen LogP contribution in [0.1, 0.15) is 11.1 Å². The number of thioether (sulfide) groups is 1. The van der Waals surface area contributed by atoms with E-state index in [-0.39, 0.29) is 11.7 Å². The molecule has 3 aromatic carbocycles. The van der Waals surface area contributed by atoms with E-state index in [0.29, 0.717) is 21.6 Å². The minimum absolute atomic E-state index is 0.165. The Labute approximate surface area is 219 Å². The van der Waals surface area contributed by atoms with Crippen LogP contribution in [0.4, 0.5) is 10.1 Å². The number of benzene rings is 3. The minimum atomic E-state index is -0.286. The van der Waals surface area contributed by atoms with Crippen LogP contribution in [0.3, 0.4) is 0 Å². The Morgan fingerprint density at radius 3 is 2.38 bits per heavy atom. The molecule has 1 fully saturated rings. The monoisotopic (exact) mass is 655 g/mol. The summed E-state index contributed by atoms with van der Waals surface area (Å²) in [4.78, 5) is 15.1. The van der Waals surface area contributed by atoms with E-state index in [0.717, 1.165) is 30.2 Å². The van der Waals surface area contributed by atoms with Gasteiger partial charge in [0.2, 0.25) is 0 Å². The molecule has 0 unspecified atom stereocenters. The van der Waals surface area contributed by atoms with Crippen LogP contribution in [0.5, 0.6) is 5.75 Å². The maximum absolute atomic E-state index is 13.1. The Morgan fingerprint density at radius 2 is 1.72 bits per heavy atom. The van der Waals surface area contributed by atoms with Crippen LogP contribution in [-0.2, 0) is 11.4 Å². The molecule has 0 N–H and O–H groups in total. The number of carbonyl (C=O) groups excluding carboxylic acids is 1. The van der Waals surface area contributed by atoms with Crippen molar-refractivity contribution < 1.29 is 13.9 Å². The summed E-state index contributed by atoms with van der Waals surface area (Å²) in [5.74, 6) is 0.168. The van der Waals surface area contributed by atoms with Crippen LogP contribution in [0, 0.1) is 5.82 Å². The van der Waals surface area contributed by atoms with Gasteiger partial charge in [-0.1, -0.05) is 58.1 Å². The van der Waals surface area contributed by atoms with Gasteiger partial charge in [0.25, 0.3) is 5.91 Å². The van der Waals surface area contributed by atoms with E-state index in [4.69, 9.17) is 17.0 Å². The number of amides is 1. The molecule has 0 spiro atoms. The topological polar surface area (TPSA) is 29.5 Å². The van der Waals surface area contributed by atoms with Gasteiger partial charge in [-0.05, 0) is 91.5 Å². The predicted molar refractivity (Wildman–Crippen MR) is 142 cm³/mol. The van der Waals surface area contributed by atoms with Crippen molar-refractivity contribution in [3.8, 4) is 5.75 Å². The summed E-state index contributed by atoms with van der Waals surface area (Å²) in [6.07, 6.45) is 1.80. The van der Waals surface area contributed by atoms with E-state index >= 15 is 0 Å². The van der Waals surface area contributed by atoms with Crippen LogP contribution in [0.25, 0.3) is 6.08 Å². The lowest BCUT2D eigenvalue weighted by molar-refractivity contribution is -0.113. The average Bonchev–Trinajstić information content (AvgIpc) is 3.01. The van der Waals surface area contributed by atoms with Gasteiger partial charge in [0.15, 0.2) is 4.32 Å². The SMILES string of the molecule is O=C1/C(=C\c2cc(Br)c(OCc3ccc(F)cc3)c(Br)c2)SC(=S)N1c1cccc(Br)c1. The molecule has 0 radical (unpaired) electrons. The third kappa shape index (κ3) is 5.34. The van der Waals surface area contributed by atoms with Crippen molar-refractivity contribution in [1.82, 2.24) is 0 Å². The first-order valence-electron chi connectivity index (χ1n) is 9.21. The van der Waals surface area contributed by atoms with Gasteiger partial charge in [0.05, 0.1) is 19.5 Å². The van der Waals surface area contributed by atoms with Crippen molar-refractivity contribution in [3.63, 3.8) is 0 Å². The average molecular weight is 658 g/mol. The van der Waals surface area contributed by atoms with Gasteiger partial charge in [-0.3, -0.25) is 9.69 Å². The summed E-state index contributed by atoms with van der Waals surface area (Å²) in [5.41, 5.74) is 2.38. The van der Waals surface area contributed by atoms with Gasteiger partial charge in [-0.25, -0.2) is 4.39 Å². The van der Waals surface area contributed by atoms with Gasteiger partial charge in [-0.15, -0.1) is 0 Å². The summed E-state index contributed by atoms with van der Waals surface area (Å²) >= 11 is 17.2. The zero-order chi connectivity index (χ0) is 22.8. The third-order valence-electron chi connectivity index (χ3n) is 4.47. The third-order valence-corrected chi connectivity index (χ3v) is 7.45. The number of carbonyl (C=O) groups is 1. The molecule has 32 heavy (non-hydrogen) atoms. The Bertz CT molecular complexity index is 1230. The maximum atomic E-state index is 13.1. The Hall–Kier alpha value is -1.52. The van der Waals surface area contributed by atoms with E-state index in [1.54, 1.807) is 18.2 Å². The molecule has 4 rings (SSSR count). The van der Waals surface area contributed by atoms with E-state index in [2.05, 4.69) is 47.8 Å². The maximum Gasteiger partial charge on any atom is 0.270 e. The number of nitrogens with zero attached hydrogens (tertiary/aromatic N) is 1. The lowest BCUT2D eigenvalue weighted by Gasteiger charge is -2.14. The molecule has 162 valence electrons. The highest BCUT2D eigenvalue weighted by molar-refractivity contribution is 9.11. The summed E-state index contributed by atoms with van der Waals surface area (Å²) in [6.45, 7) is 0.294. The molecule has 0 atom stereocenters. The van der Waals surface area contributed by atoms with Gasteiger partial charge in [0, 0.05) is 4.47 Å². The normalized spacial score (nSPS) is 15.0. The van der Waals surface area contributed by atoms with Crippen LogP contribution in [-0.4, -0.2) is 10.2 Å². The lowest BCUT2D eigenvalue weighted by atomic mass is 10.2. The van der Waals surface area contributed by atoms with Crippen molar-refractivity contribution in [2.75, 3.05) is 4.90 Å². The zero-order valence-corrected chi connectivity index (χ0v) is 22.5. The highest BCUT2D eigenvalue weighted by Crippen LogP contribution is 2.39. The lowest BCUT2D eigenvalue weighted by Crippen LogP contribution is -2.27. The Morgan fingerprint density at radius 1 is 1.03 bits per heavy atom. The van der Waals surface area contributed by atoms with Gasteiger partial charge in [0.1, 0.15) is 18.2 Å². The smallest absolute Gasteiger partial charge is 0.270 e. The number of thiocarbonyl (C=S) groups is 1. The first-order chi connectivity index (χ1) is 15.3. The first-order valence-corrected chi connectivity index (χ1v) is 12.8. The molecule has 0 bridgehead atoms. The molecular weight excluding hydrogens is 645 g/mol. The molecule has 0 saturated carbocycles. The van der Waals surface area contributed by atoms with E-state index in [1.807, 2.05) is 36.4 Å². The van der Waals surface area contributed by atoms with E-state index < -0.39 is 0 Å². The van der Waals surface area contributed by atoms with Crippen molar-refractivity contribution >= 4 is 93.8 Å². The molecule has 1 aliphatic rings. The largest absolute Gasteiger partial charge is 0.487 e. The van der Waals surface area contributed by atoms with Crippen molar-refractivity contribution in [2.45, 2.75) is 6.61 Å². The number of hydrogen-bond acceptors (Lipinski definition) is 4. The minimum Gasteiger partial charge on any atom is -0.487 e. The molecule has 1 heterocycles. The zero-order valence-electron chi connectivity index (χ0n) is 16.2. The van der Waals surface area contributed by atoms with Crippen LogP contribution < -0.4 is 9.64 Å². The van der Waals surface area contributed by atoms with Gasteiger partial charge < -0.3 is 4.74 Å². The molecule has 3 nitrogen and oxygen atoms in total. The molecule has 1 amide bonds. The summed E-state index contributed by atoms with van der Waals surface area (Å²) in [6, 6.07) is 17.4. The van der Waals surface area contributed by atoms with Crippen molar-refractivity contribution in [1.29, 1.82) is 0 Å². The van der Waals surface area contributed by atoms with Crippen LogP contribution in [0.15, 0.2) is 79.0 Å². The Balaban J connectivity index is 1.54. The fraction of sp³-hybridized carbons (Fsp3) is 0.0435. The first kappa shape index (κ1) is 23.6. The fourth-order valence-electron chi connectivity index (χ4n) is 2.99. The Kier molecular flexibility index (Phi) is 7.51. The second-order valence-electron chi connectivity index (χ2n) is 6.73. The fourth-order valence-corrected chi connectivity index (χ4v) is 6.13. The molecule has 3 aromatic rings. The predicted octanol–water partition coefficient (Wildman–Crippen LogP) is 8.10. The number of rotatable bonds is 5. The van der Waals surface area contributed by atoms with E-state index in [1.165, 1.54) is 28.8 Å². The van der Waals surface area contributed by atoms with Crippen molar-refractivity contribution in [3.05, 3.63) is 95.9 Å². The summed E-state index contributed by atoms with van der Waals surface area (Å²) < 4.78 is 21.8. The number of ether oxygens (including phenoxy) is 1. The van der Waals surface area contributed by atoms with Crippen LogP contribution in [0.2, 0.25) is 0 Å². The quantitative estimate of drug-likeness (QED) is 0.205. The summed E-state index contributed by atoms with van der Waals surface area (Å²) in [7, 11) is 0. The molecule has 0 aromatic heterocycles. The molecule has 0 aliphatic carbocycles. The highest BCUT2D eigenvalue weighted by atomic mass is 79.9. The van der Waals surface area contributed by atoms with Gasteiger partial charge in [-0.2, -0.15) is 0 Å². The van der Waals surface area contributed by atoms with Crippen LogP contribution >= 0.6 is 71.8 Å². The number of hydrogen-bond donors (Lipinski definition) is 0. The number of halogens is 4. The molecule has 9 heteroatoms. The second kappa shape index (κ2) is 10.2. The van der Waals surface area contributed by atoms with Gasteiger partial charge >= 0.3 is 0 Å². The second-order valence-corrected chi connectivity index (χ2v) is 11.0.